The number of aromatic nitrogens is 2. The standard InChI is InChI=1S/C8H8IN3O/c9-6-3-10-8(11-4-6)12-2-1-7(13)5-12/h3-4H,1-2,5H2. The van der Waals surface area contributed by atoms with Crippen molar-refractivity contribution in [3.05, 3.63) is 16.0 Å². The SMILES string of the molecule is O=C1CCN(c2ncc(I)cn2)C1. The second-order valence-electron chi connectivity index (χ2n) is 2.91. The molecule has 1 aliphatic rings. The van der Waals surface area contributed by atoms with Gasteiger partial charge < -0.3 is 4.90 Å². The number of nitrogens with zero attached hydrogens (tertiary/aromatic N) is 3. The molecule has 13 heavy (non-hydrogen) atoms. The Bertz CT molecular complexity index is 325. The van der Waals surface area contributed by atoms with Crippen molar-refractivity contribution in [2.24, 2.45) is 0 Å². The van der Waals surface area contributed by atoms with Gasteiger partial charge in [-0.1, -0.05) is 0 Å². The Morgan fingerprint density at radius 3 is 2.62 bits per heavy atom. The van der Waals surface area contributed by atoms with E-state index >= 15 is 0 Å². The van der Waals surface area contributed by atoms with Gasteiger partial charge in [-0.15, -0.1) is 0 Å². The molecule has 68 valence electrons. The van der Waals surface area contributed by atoms with Crippen LogP contribution in [0.15, 0.2) is 12.4 Å². The van der Waals surface area contributed by atoms with E-state index in [1.54, 1.807) is 12.4 Å². The molecule has 0 bridgehead atoms. The zero-order chi connectivity index (χ0) is 9.26. The number of hydrogen-bond acceptors (Lipinski definition) is 4. The highest BCUT2D eigenvalue weighted by atomic mass is 127. The monoisotopic (exact) mass is 289 g/mol. The first-order chi connectivity index (χ1) is 6.25. The molecule has 2 rings (SSSR count). The smallest absolute Gasteiger partial charge is 0.225 e. The molecular weight excluding hydrogens is 281 g/mol. The van der Waals surface area contributed by atoms with E-state index in [2.05, 4.69) is 32.6 Å². The molecule has 0 aliphatic carbocycles. The summed E-state index contributed by atoms with van der Waals surface area (Å²) in [5.41, 5.74) is 0. The van der Waals surface area contributed by atoms with Crippen LogP contribution in [0.2, 0.25) is 0 Å². The Labute approximate surface area is 89.5 Å². The fourth-order valence-corrected chi connectivity index (χ4v) is 1.55. The van der Waals surface area contributed by atoms with Gasteiger partial charge >= 0.3 is 0 Å². The van der Waals surface area contributed by atoms with E-state index in [0.29, 0.717) is 18.9 Å². The van der Waals surface area contributed by atoms with Crippen LogP contribution < -0.4 is 4.90 Å². The van der Waals surface area contributed by atoms with Gasteiger partial charge in [0.15, 0.2) is 5.78 Å². The highest BCUT2D eigenvalue weighted by molar-refractivity contribution is 14.1. The van der Waals surface area contributed by atoms with Crippen LogP contribution in [0.5, 0.6) is 0 Å². The molecule has 0 radical (unpaired) electrons. The van der Waals surface area contributed by atoms with Gasteiger partial charge in [0.2, 0.25) is 5.95 Å². The topological polar surface area (TPSA) is 46.1 Å². The molecule has 1 saturated heterocycles. The van der Waals surface area contributed by atoms with Crippen molar-refractivity contribution in [2.45, 2.75) is 6.42 Å². The highest BCUT2D eigenvalue weighted by Gasteiger charge is 2.20. The minimum absolute atomic E-state index is 0.266. The number of carbonyl (C=O) groups excluding carboxylic acids is 1. The number of carbonyl (C=O) groups is 1. The van der Waals surface area contributed by atoms with Gasteiger partial charge in [-0.25, -0.2) is 9.97 Å². The number of rotatable bonds is 1. The molecule has 0 aromatic carbocycles. The fourth-order valence-electron chi connectivity index (χ4n) is 1.27. The number of hydrogen-bond donors (Lipinski definition) is 0. The molecule has 0 N–H and O–H groups in total. The van der Waals surface area contributed by atoms with Crippen LogP contribution in [0.25, 0.3) is 0 Å². The first-order valence-corrected chi connectivity index (χ1v) is 5.08. The summed E-state index contributed by atoms with van der Waals surface area (Å²) in [5, 5.41) is 0. The van der Waals surface area contributed by atoms with Crippen LogP contribution in [-0.2, 0) is 4.79 Å². The molecule has 1 aromatic rings. The third-order valence-corrected chi connectivity index (χ3v) is 2.47. The number of Topliss-reactive ketones (excluding diaryl/α,β-unsaturated/α-hetero) is 1. The third kappa shape index (κ3) is 1.96. The van der Waals surface area contributed by atoms with Gasteiger partial charge in [0, 0.05) is 28.9 Å². The summed E-state index contributed by atoms with van der Waals surface area (Å²) < 4.78 is 1.01. The van der Waals surface area contributed by atoms with Gasteiger partial charge in [-0.05, 0) is 22.6 Å². The van der Waals surface area contributed by atoms with Crippen molar-refractivity contribution in [1.82, 2.24) is 9.97 Å². The predicted molar refractivity (Wildman–Crippen MR) is 56.6 cm³/mol. The van der Waals surface area contributed by atoms with Gasteiger partial charge in [0.1, 0.15) is 0 Å². The highest BCUT2D eigenvalue weighted by Crippen LogP contribution is 2.13. The van der Waals surface area contributed by atoms with E-state index in [9.17, 15) is 4.79 Å². The van der Waals surface area contributed by atoms with E-state index < -0.39 is 0 Å². The van der Waals surface area contributed by atoms with Crippen LogP contribution >= 0.6 is 22.6 Å². The van der Waals surface area contributed by atoms with Gasteiger partial charge in [0.05, 0.1) is 6.54 Å². The molecule has 0 atom stereocenters. The second-order valence-corrected chi connectivity index (χ2v) is 4.16. The lowest BCUT2D eigenvalue weighted by atomic mass is 10.4. The lowest BCUT2D eigenvalue weighted by molar-refractivity contribution is -0.116. The molecule has 0 unspecified atom stereocenters. The van der Waals surface area contributed by atoms with E-state index in [0.717, 1.165) is 10.1 Å². The lowest BCUT2D eigenvalue weighted by Crippen LogP contribution is -2.21. The molecule has 0 amide bonds. The van der Waals surface area contributed by atoms with Crippen molar-refractivity contribution >= 4 is 34.3 Å². The molecule has 0 spiro atoms. The van der Waals surface area contributed by atoms with Crippen LogP contribution in [0.3, 0.4) is 0 Å². The van der Waals surface area contributed by atoms with E-state index in [-0.39, 0.29) is 5.78 Å². The molecule has 0 saturated carbocycles. The van der Waals surface area contributed by atoms with Crippen molar-refractivity contribution < 1.29 is 4.79 Å². The lowest BCUT2D eigenvalue weighted by Gasteiger charge is -2.12. The zero-order valence-electron chi connectivity index (χ0n) is 6.90. The predicted octanol–water partition coefficient (Wildman–Crippen LogP) is 0.860. The van der Waals surface area contributed by atoms with Crippen LogP contribution in [-0.4, -0.2) is 28.8 Å². The van der Waals surface area contributed by atoms with Crippen LogP contribution in [0, 0.1) is 3.57 Å². The first kappa shape index (κ1) is 8.86. The Balaban J connectivity index is 2.17. The van der Waals surface area contributed by atoms with Gasteiger partial charge in [-0.2, -0.15) is 0 Å². The molecule has 2 heterocycles. The average molecular weight is 289 g/mol. The van der Waals surface area contributed by atoms with Crippen molar-refractivity contribution in [2.75, 3.05) is 18.0 Å². The summed E-state index contributed by atoms with van der Waals surface area (Å²) >= 11 is 2.15. The number of ketones is 1. The summed E-state index contributed by atoms with van der Waals surface area (Å²) in [7, 11) is 0. The van der Waals surface area contributed by atoms with Crippen molar-refractivity contribution in [1.29, 1.82) is 0 Å². The Morgan fingerprint density at radius 1 is 1.38 bits per heavy atom. The molecule has 1 aromatic heterocycles. The Morgan fingerprint density at radius 2 is 2.08 bits per heavy atom. The average Bonchev–Trinajstić information content (AvgIpc) is 2.53. The van der Waals surface area contributed by atoms with Crippen molar-refractivity contribution in [3.63, 3.8) is 0 Å². The van der Waals surface area contributed by atoms with Crippen molar-refractivity contribution in [3.8, 4) is 0 Å². The molecule has 1 fully saturated rings. The number of halogens is 1. The van der Waals surface area contributed by atoms with Crippen LogP contribution in [0.4, 0.5) is 5.95 Å². The molecule has 4 nitrogen and oxygen atoms in total. The molecule has 5 heteroatoms. The molecule has 1 aliphatic heterocycles. The summed E-state index contributed by atoms with van der Waals surface area (Å²) in [6.07, 6.45) is 4.13. The van der Waals surface area contributed by atoms with E-state index in [4.69, 9.17) is 0 Å². The largest absolute Gasteiger partial charge is 0.333 e. The van der Waals surface area contributed by atoms with Gasteiger partial charge in [0.25, 0.3) is 0 Å². The second kappa shape index (κ2) is 3.57. The molecular formula is C8H8IN3O. The maximum atomic E-state index is 11.0. The zero-order valence-corrected chi connectivity index (χ0v) is 9.06. The quantitative estimate of drug-likeness (QED) is 0.719. The first-order valence-electron chi connectivity index (χ1n) is 4.00. The van der Waals surface area contributed by atoms with Gasteiger partial charge in [-0.3, -0.25) is 4.79 Å². The summed E-state index contributed by atoms with van der Waals surface area (Å²) in [4.78, 5) is 21.2. The normalized spacial score (nSPS) is 16.7. The van der Waals surface area contributed by atoms with E-state index in [1.807, 2.05) is 4.90 Å². The Kier molecular flexibility index (Phi) is 2.43. The minimum Gasteiger partial charge on any atom is -0.333 e. The summed E-state index contributed by atoms with van der Waals surface area (Å²) in [6.45, 7) is 1.21. The summed E-state index contributed by atoms with van der Waals surface area (Å²) in [5.74, 6) is 0.924. The summed E-state index contributed by atoms with van der Waals surface area (Å²) in [6, 6.07) is 0. The van der Waals surface area contributed by atoms with E-state index in [1.165, 1.54) is 0 Å². The minimum atomic E-state index is 0.266. The maximum absolute atomic E-state index is 11.0. The Hall–Kier alpha value is -0.720. The fraction of sp³-hybridized carbons (Fsp3) is 0.375. The maximum Gasteiger partial charge on any atom is 0.225 e. The third-order valence-electron chi connectivity index (χ3n) is 1.92. The van der Waals surface area contributed by atoms with Crippen LogP contribution in [0.1, 0.15) is 6.42 Å². The number of anilines is 1.